The number of fused-ring (bicyclic) bond motifs is 2. The van der Waals surface area contributed by atoms with Crippen molar-refractivity contribution in [1.82, 2.24) is 15.1 Å². The minimum absolute atomic E-state index is 0.190. The number of aliphatic hydroxyl groups is 1. The molecule has 0 saturated carbocycles. The van der Waals surface area contributed by atoms with E-state index in [9.17, 15) is 14.3 Å². The first-order chi connectivity index (χ1) is 11.5. The number of nitrogens with one attached hydrogen (secondary N) is 1. The molecule has 24 heavy (non-hydrogen) atoms. The first-order valence-corrected chi connectivity index (χ1v) is 8.33. The Hall–Kier alpha value is -2.05. The minimum atomic E-state index is -0.907. The predicted octanol–water partition coefficient (Wildman–Crippen LogP) is 1.69. The van der Waals surface area contributed by atoms with Gasteiger partial charge in [-0.3, -0.25) is 4.79 Å². The zero-order chi connectivity index (χ0) is 16.7. The van der Waals surface area contributed by atoms with Gasteiger partial charge in [-0.25, -0.2) is 9.07 Å². The summed E-state index contributed by atoms with van der Waals surface area (Å²) in [7, 11) is 0. The lowest BCUT2D eigenvalue weighted by molar-refractivity contribution is -0.0249. The molecule has 0 aliphatic carbocycles. The summed E-state index contributed by atoms with van der Waals surface area (Å²) in [6, 6.07) is 9.72. The molecule has 2 atom stereocenters. The number of piperidine rings is 1. The average molecular weight is 329 g/mol. The van der Waals surface area contributed by atoms with Crippen LogP contribution in [0.1, 0.15) is 25.7 Å². The van der Waals surface area contributed by atoms with Crippen molar-refractivity contribution in [1.29, 1.82) is 0 Å². The Balaban J connectivity index is 1.62. The molecule has 0 radical (unpaired) electrons. The average Bonchev–Trinajstić information content (AvgIpc) is 2.90. The van der Waals surface area contributed by atoms with Crippen LogP contribution in [0, 0.1) is 5.82 Å². The van der Waals surface area contributed by atoms with Crippen molar-refractivity contribution in [3.05, 3.63) is 52.6 Å². The van der Waals surface area contributed by atoms with Gasteiger partial charge >= 0.3 is 0 Å². The summed E-state index contributed by atoms with van der Waals surface area (Å²) in [6.07, 6.45) is 3.42. The fourth-order valence-corrected chi connectivity index (χ4v) is 3.97. The van der Waals surface area contributed by atoms with E-state index in [-0.39, 0.29) is 17.9 Å². The van der Waals surface area contributed by atoms with E-state index in [2.05, 4.69) is 10.4 Å². The van der Waals surface area contributed by atoms with Crippen LogP contribution in [-0.2, 0) is 6.54 Å². The molecule has 126 valence electrons. The highest BCUT2D eigenvalue weighted by Gasteiger charge is 2.42. The van der Waals surface area contributed by atoms with Gasteiger partial charge in [0.05, 0.1) is 17.8 Å². The zero-order valence-corrected chi connectivity index (χ0v) is 13.3. The number of hydrogen-bond donors (Lipinski definition) is 2. The van der Waals surface area contributed by atoms with E-state index < -0.39 is 5.60 Å². The van der Waals surface area contributed by atoms with Crippen molar-refractivity contribution < 1.29 is 9.50 Å². The highest BCUT2D eigenvalue weighted by Crippen LogP contribution is 2.34. The molecule has 2 saturated heterocycles. The van der Waals surface area contributed by atoms with E-state index >= 15 is 0 Å². The van der Waals surface area contributed by atoms with E-state index in [4.69, 9.17) is 0 Å². The Labute approximate surface area is 139 Å². The summed E-state index contributed by atoms with van der Waals surface area (Å²) >= 11 is 0. The number of aromatic nitrogens is 2. The van der Waals surface area contributed by atoms with E-state index in [1.807, 2.05) is 0 Å². The van der Waals surface area contributed by atoms with Gasteiger partial charge in [0, 0.05) is 23.7 Å². The molecule has 3 heterocycles. The molecule has 0 amide bonds. The molecular weight excluding hydrogens is 309 g/mol. The van der Waals surface area contributed by atoms with E-state index in [0.717, 1.165) is 18.4 Å². The SMILES string of the molecule is O=c1ccc(-c2ccc(F)cc2)nn1CC1(O)C[C@@H]2CC[C@@H](C1)N2. The highest BCUT2D eigenvalue weighted by atomic mass is 19.1. The van der Waals surface area contributed by atoms with Crippen LogP contribution in [0.15, 0.2) is 41.2 Å². The number of nitrogens with zero attached hydrogens (tertiary/aromatic N) is 2. The molecule has 0 spiro atoms. The Kier molecular flexibility index (Phi) is 3.73. The topological polar surface area (TPSA) is 67.2 Å². The number of benzene rings is 1. The molecule has 2 aliphatic heterocycles. The predicted molar refractivity (Wildman–Crippen MR) is 88.0 cm³/mol. The third-order valence-corrected chi connectivity index (χ3v) is 5.04. The van der Waals surface area contributed by atoms with Crippen molar-refractivity contribution in [2.24, 2.45) is 0 Å². The number of halogens is 1. The van der Waals surface area contributed by atoms with Gasteiger partial charge in [0.1, 0.15) is 5.82 Å². The lowest BCUT2D eigenvalue weighted by atomic mass is 9.87. The molecule has 5 nitrogen and oxygen atoms in total. The first-order valence-electron chi connectivity index (χ1n) is 8.33. The highest BCUT2D eigenvalue weighted by molar-refractivity contribution is 5.57. The second kappa shape index (κ2) is 5.79. The van der Waals surface area contributed by atoms with Crippen LogP contribution >= 0.6 is 0 Å². The fraction of sp³-hybridized carbons (Fsp3) is 0.444. The largest absolute Gasteiger partial charge is 0.388 e. The normalized spacial score (nSPS) is 28.9. The molecule has 1 aromatic carbocycles. The van der Waals surface area contributed by atoms with E-state index in [0.29, 0.717) is 30.6 Å². The van der Waals surface area contributed by atoms with Crippen LogP contribution in [0.5, 0.6) is 0 Å². The Morgan fingerprint density at radius 3 is 2.50 bits per heavy atom. The van der Waals surface area contributed by atoms with Crippen LogP contribution < -0.4 is 10.9 Å². The van der Waals surface area contributed by atoms with Crippen LogP contribution in [0.2, 0.25) is 0 Å². The van der Waals surface area contributed by atoms with Gasteiger partial charge in [0.2, 0.25) is 0 Å². The third kappa shape index (κ3) is 2.99. The summed E-state index contributed by atoms with van der Waals surface area (Å²) in [6.45, 7) is 0.190. The Bertz CT molecular complexity index is 791. The molecule has 2 bridgehead atoms. The monoisotopic (exact) mass is 329 g/mol. The molecule has 1 aromatic heterocycles. The fourth-order valence-electron chi connectivity index (χ4n) is 3.97. The summed E-state index contributed by atoms with van der Waals surface area (Å²) in [5, 5.41) is 18.8. The molecular formula is C18H20FN3O2. The molecule has 2 fully saturated rings. The van der Waals surface area contributed by atoms with Crippen molar-refractivity contribution in [2.75, 3.05) is 0 Å². The zero-order valence-electron chi connectivity index (χ0n) is 13.3. The molecule has 0 unspecified atom stereocenters. The van der Waals surface area contributed by atoms with E-state index in [1.54, 1.807) is 18.2 Å². The number of hydrogen-bond acceptors (Lipinski definition) is 4. The van der Waals surface area contributed by atoms with Crippen LogP contribution in [-0.4, -0.2) is 32.6 Å². The lowest BCUT2D eigenvalue weighted by Crippen LogP contribution is -2.51. The molecule has 6 heteroatoms. The minimum Gasteiger partial charge on any atom is -0.388 e. The van der Waals surface area contributed by atoms with Gasteiger partial charge < -0.3 is 10.4 Å². The number of rotatable bonds is 3. The summed E-state index contributed by atoms with van der Waals surface area (Å²) in [4.78, 5) is 12.2. The first kappa shape index (κ1) is 15.5. The van der Waals surface area contributed by atoms with Crippen molar-refractivity contribution in [2.45, 2.75) is 49.9 Å². The lowest BCUT2D eigenvalue weighted by Gasteiger charge is -2.37. The molecule has 2 aliphatic rings. The quantitative estimate of drug-likeness (QED) is 0.899. The second-order valence-corrected chi connectivity index (χ2v) is 6.99. The van der Waals surface area contributed by atoms with Gasteiger partial charge in [0.25, 0.3) is 5.56 Å². The van der Waals surface area contributed by atoms with Crippen molar-refractivity contribution in [3.63, 3.8) is 0 Å². The molecule has 2 aromatic rings. The molecule has 2 N–H and O–H groups in total. The van der Waals surface area contributed by atoms with E-state index in [1.165, 1.54) is 22.9 Å². The second-order valence-electron chi connectivity index (χ2n) is 6.99. The standard InChI is InChI=1S/C18H20FN3O2/c19-13-3-1-12(2-4-13)16-7-8-17(23)22(21-16)11-18(24)9-14-5-6-15(10-18)20-14/h1-4,7-8,14-15,20,24H,5-6,9-11H2/t14-,15-/m0/s1. The summed E-state index contributed by atoms with van der Waals surface area (Å²) < 4.78 is 14.4. The van der Waals surface area contributed by atoms with Crippen molar-refractivity contribution >= 4 is 0 Å². The van der Waals surface area contributed by atoms with Crippen LogP contribution in [0.4, 0.5) is 4.39 Å². The summed E-state index contributed by atoms with van der Waals surface area (Å²) in [5.74, 6) is -0.313. The summed E-state index contributed by atoms with van der Waals surface area (Å²) in [5.41, 5.74) is 0.188. The smallest absolute Gasteiger partial charge is 0.266 e. The van der Waals surface area contributed by atoms with Gasteiger partial charge in [0.15, 0.2) is 0 Å². The maximum absolute atomic E-state index is 13.1. The van der Waals surface area contributed by atoms with Crippen molar-refractivity contribution in [3.8, 4) is 11.3 Å². The Morgan fingerprint density at radius 2 is 1.83 bits per heavy atom. The van der Waals surface area contributed by atoms with Gasteiger partial charge in [-0.1, -0.05) is 0 Å². The van der Waals surface area contributed by atoms with Gasteiger partial charge in [-0.2, -0.15) is 5.10 Å². The molecule has 4 rings (SSSR count). The third-order valence-electron chi connectivity index (χ3n) is 5.04. The maximum Gasteiger partial charge on any atom is 0.266 e. The van der Waals surface area contributed by atoms with Crippen LogP contribution in [0.25, 0.3) is 11.3 Å². The van der Waals surface area contributed by atoms with Gasteiger partial charge in [-0.15, -0.1) is 0 Å². The maximum atomic E-state index is 13.1. The Morgan fingerprint density at radius 1 is 1.17 bits per heavy atom. The van der Waals surface area contributed by atoms with Crippen LogP contribution in [0.3, 0.4) is 0 Å². The van der Waals surface area contributed by atoms with Gasteiger partial charge in [-0.05, 0) is 56.0 Å².